The lowest BCUT2D eigenvalue weighted by atomic mass is 9.95. The number of halogens is 3. The average Bonchev–Trinajstić information content (AvgIpc) is 2.85. The maximum absolute atomic E-state index is 13.5. The Morgan fingerprint density at radius 2 is 1.66 bits per heavy atom. The van der Waals surface area contributed by atoms with Gasteiger partial charge < -0.3 is 19.9 Å². The molecule has 0 heterocycles. The van der Waals surface area contributed by atoms with Gasteiger partial charge in [0.2, 0.25) is 0 Å². The number of rotatable bonds is 12. The van der Waals surface area contributed by atoms with Crippen LogP contribution in [0.4, 0.5) is 13.2 Å². The van der Waals surface area contributed by atoms with Crippen LogP contribution >= 0.6 is 0 Å². The van der Waals surface area contributed by atoms with Gasteiger partial charge in [0.25, 0.3) is 5.91 Å². The van der Waals surface area contributed by atoms with Crippen molar-refractivity contribution in [2.75, 3.05) is 0 Å². The number of hydrogen-bond acceptors (Lipinski definition) is 4. The molecule has 3 aromatic rings. The number of carboxylic acids is 1. The lowest BCUT2D eigenvalue weighted by Gasteiger charge is -2.23. The van der Waals surface area contributed by atoms with Crippen LogP contribution in [0.2, 0.25) is 0 Å². The lowest BCUT2D eigenvalue weighted by Crippen LogP contribution is -2.30. The summed E-state index contributed by atoms with van der Waals surface area (Å²) in [6, 6.07) is 19.2. The summed E-state index contributed by atoms with van der Waals surface area (Å²) < 4.78 is 48.1. The first kappa shape index (κ1) is 28.6. The van der Waals surface area contributed by atoms with Crippen LogP contribution in [0.15, 0.2) is 72.8 Å². The molecule has 0 bridgehead atoms. The van der Waals surface area contributed by atoms with Gasteiger partial charge >= 0.3 is 12.3 Å². The zero-order chi connectivity index (χ0) is 27.7. The molecule has 1 atom stereocenters. The smallest absolute Gasteiger partial charge is 0.489 e. The number of carbonyl (C=O) groups is 2. The fourth-order valence-electron chi connectivity index (χ4n) is 3.98. The molecule has 0 radical (unpaired) electrons. The Balaban J connectivity index is 1.87. The first-order chi connectivity index (χ1) is 18.0. The number of hydrogen-bond donors (Lipinski definition) is 2. The van der Waals surface area contributed by atoms with Crippen molar-refractivity contribution in [1.82, 2.24) is 5.32 Å². The third kappa shape index (κ3) is 9.14. The first-order valence-corrected chi connectivity index (χ1v) is 12.2. The summed E-state index contributed by atoms with van der Waals surface area (Å²) in [6.45, 7) is 4.07. The van der Waals surface area contributed by atoms with Gasteiger partial charge in [-0.3, -0.25) is 9.59 Å². The highest BCUT2D eigenvalue weighted by Gasteiger charge is 2.31. The molecule has 0 aromatic heterocycles. The Morgan fingerprint density at radius 1 is 0.947 bits per heavy atom. The van der Waals surface area contributed by atoms with Crippen LogP contribution < -0.4 is 14.8 Å². The van der Waals surface area contributed by atoms with Gasteiger partial charge in [-0.25, -0.2) is 0 Å². The second kappa shape index (κ2) is 13.0. The van der Waals surface area contributed by atoms with Gasteiger partial charge in [-0.1, -0.05) is 56.3 Å². The molecule has 0 spiro atoms. The molecule has 0 aliphatic heterocycles. The Hall–Kier alpha value is -4.01. The van der Waals surface area contributed by atoms with Crippen molar-refractivity contribution in [2.24, 2.45) is 5.92 Å². The van der Waals surface area contributed by atoms with Crippen molar-refractivity contribution in [3.8, 4) is 11.5 Å². The average molecular weight is 530 g/mol. The summed E-state index contributed by atoms with van der Waals surface area (Å²) >= 11 is 0. The van der Waals surface area contributed by atoms with Gasteiger partial charge in [-0.2, -0.15) is 0 Å². The van der Waals surface area contributed by atoms with Gasteiger partial charge in [-0.05, 0) is 65.8 Å². The number of aryl methyl sites for hydroxylation is 1. The number of amides is 1. The van der Waals surface area contributed by atoms with Crippen LogP contribution in [0.1, 0.15) is 59.8 Å². The normalized spacial score (nSPS) is 12.2. The highest BCUT2D eigenvalue weighted by molar-refractivity contribution is 5.96. The molecule has 0 aliphatic rings. The topological polar surface area (TPSA) is 84.9 Å². The van der Waals surface area contributed by atoms with E-state index < -0.39 is 24.3 Å². The van der Waals surface area contributed by atoms with Crippen molar-refractivity contribution in [2.45, 2.75) is 52.1 Å². The van der Waals surface area contributed by atoms with Crippen LogP contribution in [-0.2, 0) is 17.8 Å². The van der Waals surface area contributed by atoms with Crippen LogP contribution in [0, 0.1) is 5.92 Å². The van der Waals surface area contributed by atoms with Gasteiger partial charge in [-0.15, -0.1) is 13.2 Å². The van der Waals surface area contributed by atoms with Crippen molar-refractivity contribution in [3.05, 3.63) is 95.1 Å². The predicted molar refractivity (Wildman–Crippen MR) is 136 cm³/mol. The van der Waals surface area contributed by atoms with E-state index in [9.17, 15) is 22.8 Å². The zero-order valence-electron chi connectivity index (χ0n) is 21.1. The van der Waals surface area contributed by atoms with E-state index in [1.54, 1.807) is 24.3 Å². The lowest BCUT2D eigenvalue weighted by molar-refractivity contribution is -0.274. The largest absolute Gasteiger partial charge is 0.573 e. The molecular weight excluding hydrogens is 499 g/mol. The van der Waals surface area contributed by atoms with Crippen LogP contribution in [0.25, 0.3) is 0 Å². The maximum atomic E-state index is 13.5. The van der Waals surface area contributed by atoms with Gasteiger partial charge in [0.15, 0.2) is 0 Å². The SMILES string of the molecule is CC(C)CC(NC(=O)c1cc(COc2ccccc2)ccc1CCC(=O)O)c1cccc(OC(F)(F)F)c1. The molecule has 202 valence electrons. The van der Waals surface area contributed by atoms with Gasteiger partial charge in [0.05, 0.1) is 6.04 Å². The Morgan fingerprint density at radius 3 is 2.32 bits per heavy atom. The second-order valence-corrected chi connectivity index (χ2v) is 9.26. The summed E-state index contributed by atoms with van der Waals surface area (Å²) in [7, 11) is 0. The third-order valence-corrected chi connectivity index (χ3v) is 5.68. The van der Waals surface area contributed by atoms with E-state index in [1.165, 1.54) is 18.2 Å². The molecule has 1 unspecified atom stereocenters. The highest BCUT2D eigenvalue weighted by Crippen LogP contribution is 2.29. The molecule has 0 fully saturated rings. The fraction of sp³-hybridized carbons (Fsp3) is 0.310. The molecule has 9 heteroatoms. The van der Waals surface area contributed by atoms with E-state index in [1.807, 2.05) is 44.2 Å². The monoisotopic (exact) mass is 529 g/mol. The third-order valence-electron chi connectivity index (χ3n) is 5.68. The fourth-order valence-corrected chi connectivity index (χ4v) is 3.98. The number of ether oxygens (including phenoxy) is 2. The highest BCUT2D eigenvalue weighted by atomic mass is 19.4. The Labute approximate surface area is 219 Å². The number of carboxylic acid groups (broad SMARTS) is 1. The Kier molecular flexibility index (Phi) is 9.76. The minimum atomic E-state index is -4.84. The standard InChI is InChI=1S/C29H30F3NO5/c1-19(2)15-26(22-7-6-10-24(17-22)38-29(30,31)32)33-28(36)25-16-20(11-12-21(25)13-14-27(34)35)18-37-23-8-4-3-5-9-23/h3-12,16-17,19,26H,13-15,18H2,1-2H3,(H,33,36)(H,34,35). The first-order valence-electron chi connectivity index (χ1n) is 12.2. The van der Waals surface area contributed by atoms with Crippen LogP contribution in [0.5, 0.6) is 11.5 Å². The van der Waals surface area contributed by atoms with Crippen molar-refractivity contribution < 1.29 is 37.3 Å². The number of alkyl halides is 3. The zero-order valence-corrected chi connectivity index (χ0v) is 21.1. The summed E-state index contributed by atoms with van der Waals surface area (Å²) in [4.78, 5) is 24.7. The molecule has 1 amide bonds. The minimum absolute atomic E-state index is 0.115. The van der Waals surface area contributed by atoms with E-state index in [0.717, 1.165) is 0 Å². The van der Waals surface area contributed by atoms with E-state index in [-0.39, 0.29) is 36.7 Å². The number of carbonyl (C=O) groups excluding carboxylic acids is 1. The molecule has 3 aromatic carbocycles. The molecule has 2 N–H and O–H groups in total. The molecular formula is C29H30F3NO5. The quantitative estimate of drug-likeness (QED) is 0.273. The van der Waals surface area contributed by atoms with Crippen molar-refractivity contribution in [1.29, 1.82) is 0 Å². The number of para-hydroxylation sites is 1. The van der Waals surface area contributed by atoms with E-state index in [0.29, 0.717) is 28.9 Å². The molecule has 6 nitrogen and oxygen atoms in total. The summed E-state index contributed by atoms with van der Waals surface area (Å²) in [5, 5.41) is 12.1. The predicted octanol–water partition coefficient (Wildman–Crippen LogP) is 6.70. The van der Waals surface area contributed by atoms with Gasteiger partial charge in [0.1, 0.15) is 18.1 Å². The molecule has 38 heavy (non-hydrogen) atoms. The second-order valence-electron chi connectivity index (χ2n) is 9.26. The Bertz CT molecular complexity index is 1230. The summed E-state index contributed by atoms with van der Waals surface area (Å²) in [5.41, 5.74) is 2.01. The molecule has 0 saturated heterocycles. The number of nitrogens with one attached hydrogen (secondary N) is 1. The van der Waals surface area contributed by atoms with Crippen LogP contribution in [0.3, 0.4) is 0 Å². The van der Waals surface area contributed by atoms with E-state index >= 15 is 0 Å². The van der Waals surface area contributed by atoms with E-state index in [2.05, 4.69) is 10.1 Å². The molecule has 0 aliphatic carbocycles. The number of benzene rings is 3. The minimum Gasteiger partial charge on any atom is -0.489 e. The van der Waals surface area contributed by atoms with Crippen molar-refractivity contribution >= 4 is 11.9 Å². The summed E-state index contributed by atoms with van der Waals surface area (Å²) in [6.07, 6.45) is -4.40. The van der Waals surface area contributed by atoms with Crippen molar-refractivity contribution in [3.63, 3.8) is 0 Å². The molecule has 0 saturated carbocycles. The van der Waals surface area contributed by atoms with Crippen LogP contribution in [-0.4, -0.2) is 23.3 Å². The number of aliphatic carboxylic acids is 1. The molecule has 3 rings (SSSR count). The van der Waals surface area contributed by atoms with E-state index in [4.69, 9.17) is 9.84 Å². The van der Waals surface area contributed by atoms with Gasteiger partial charge in [0, 0.05) is 12.0 Å². The summed E-state index contributed by atoms with van der Waals surface area (Å²) in [5.74, 6) is -1.05. The maximum Gasteiger partial charge on any atom is 0.573 e.